The number of anilines is 1. The number of nitrogens with zero attached hydrogens (tertiary/aromatic N) is 1. The first-order valence-corrected chi connectivity index (χ1v) is 7.32. The van der Waals surface area contributed by atoms with Gasteiger partial charge in [-0.1, -0.05) is 48.5 Å². The van der Waals surface area contributed by atoms with E-state index in [9.17, 15) is 5.11 Å². The lowest BCUT2D eigenvalue weighted by atomic mass is 9.99. The van der Waals surface area contributed by atoms with E-state index in [0.717, 1.165) is 18.7 Å². The molecule has 0 bridgehead atoms. The van der Waals surface area contributed by atoms with Crippen molar-refractivity contribution in [2.24, 2.45) is 0 Å². The molecule has 1 fully saturated rings. The molecule has 2 heteroatoms. The second kappa shape index (κ2) is 5.68. The molecule has 0 saturated carbocycles. The molecule has 1 aliphatic heterocycles. The van der Waals surface area contributed by atoms with E-state index >= 15 is 0 Å². The number of benzene rings is 2. The Bertz CT molecular complexity index is 565. The number of aliphatic hydroxyl groups excluding tert-OH is 1. The summed E-state index contributed by atoms with van der Waals surface area (Å²) in [5.41, 5.74) is 3.63. The molecular weight excluding hydrogens is 246 g/mol. The standard InChI is InChI=1S/C18H21NO/c1-14(20)17-9-5-6-10-18(17)19-12-11-16(13-19)15-7-3-2-4-8-15/h2-10,14,16,20H,11-13H2,1H3/t14-,16?/m1/s1. The van der Waals surface area contributed by atoms with Crippen LogP contribution in [0.4, 0.5) is 5.69 Å². The third-order valence-electron chi connectivity index (χ3n) is 4.19. The third kappa shape index (κ3) is 2.56. The van der Waals surface area contributed by atoms with Crippen molar-refractivity contribution in [2.75, 3.05) is 18.0 Å². The summed E-state index contributed by atoms with van der Waals surface area (Å²) >= 11 is 0. The summed E-state index contributed by atoms with van der Waals surface area (Å²) in [5, 5.41) is 9.92. The smallest absolute Gasteiger partial charge is 0.0781 e. The summed E-state index contributed by atoms with van der Waals surface area (Å²) in [5.74, 6) is 0.596. The molecule has 2 atom stereocenters. The average molecular weight is 267 g/mol. The monoisotopic (exact) mass is 267 g/mol. The summed E-state index contributed by atoms with van der Waals surface area (Å²) in [6.45, 7) is 3.93. The molecule has 1 unspecified atom stereocenters. The Balaban J connectivity index is 1.81. The molecule has 1 aliphatic rings. The zero-order valence-corrected chi connectivity index (χ0v) is 11.9. The van der Waals surface area contributed by atoms with Crippen LogP contribution in [0.5, 0.6) is 0 Å². The molecule has 3 rings (SSSR count). The summed E-state index contributed by atoms with van der Waals surface area (Å²) < 4.78 is 0. The lowest BCUT2D eigenvalue weighted by Crippen LogP contribution is -2.21. The first kappa shape index (κ1) is 13.2. The van der Waals surface area contributed by atoms with Gasteiger partial charge in [0.1, 0.15) is 0 Å². The van der Waals surface area contributed by atoms with Gasteiger partial charge in [0.15, 0.2) is 0 Å². The van der Waals surface area contributed by atoms with Gasteiger partial charge in [0.25, 0.3) is 0 Å². The molecule has 0 radical (unpaired) electrons. The summed E-state index contributed by atoms with van der Waals surface area (Å²) in [6.07, 6.45) is 0.764. The topological polar surface area (TPSA) is 23.5 Å². The third-order valence-corrected chi connectivity index (χ3v) is 4.19. The number of para-hydroxylation sites is 1. The van der Waals surface area contributed by atoms with Gasteiger partial charge < -0.3 is 10.0 Å². The molecule has 0 aliphatic carbocycles. The lowest BCUT2D eigenvalue weighted by Gasteiger charge is -2.23. The maximum Gasteiger partial charge on any atom is 0.0781 e. The average Bonchev–Trinajstić information content (AvgIpc) is 2.98. The van der Waals surface area contributed by atoms with Crippen molar-refractivity contribution in [2.45, 2.75) is 25.4 Å². The number of rotatable bonds is 3. The van der Waals surface area contributed by atoms with E-state index < -0.39 is 6.10 Å². The van der Waals surface area contributed by atoms with Crippen LogP contribution in [-0.4, -0.2) is 18.2 Å². The van der Waals surface area contributed by atoms with Gasteiger partial charge >= 0.3 is 0 Å². The van der Waals surface area contributed by atoms with Crippen molar-refractivity contribution in [1.82, 2.24) is 0 Å². The van der Waals surface area contributed by atoms with Crippen LogP contribution >= 0.6 is 0 Å². The fourth-order valence-corrected chi connectivity index (χ4v) is 3.11. The Hall–Kier alpha value is -1.80. The summed E-state index contributed by atoms with van der Waals surface area (Å²) in [7, 11) is 0. The number of aliphatic hydroxyl groups is 1. The van der Waals surface area contributed by atoms with E-state index in [1.54, 1.807) is 0 Å². The maximum atomic E-state index is 9.92. The van der Waals surface area contributed by atoms with Crippen molar-refractivity contribution in [3.8, 4) is 0 Å². The highest BCUT2D eigenvalue weighted by atomic mass is 16.3. The van der Waals surface area contributed by atoms with E-state index in [1.807, 2.05) is 19.1 Å². The van der Waals surface area contributed by atoms with Crippen LogP contribution in [0.25, 0.3) is 0 Å². The van der Waals surface area contributed by atoms with Gasteiger partial charge in [0, 0.05) is 30.3 Å². The summed E-state index contributed by atoms with van der Waals surface area (Å²) in [6, 6.07) is 18.9. The van der Waals surface area contributed by atoms with Gasteiger partial charge in [0.2, 0.25) is 0 Å². The maximum absolute atomic E-state index is 9.92. The van der Waals surface area contributed by atoms with Crippen LogP contribution in [0, 0.1) is 0 Å². The molecule has 0 spiro atoms. The van der Waals surface area contributed by atoms with Gasteiger partial charge in [-0.25, -0.2) is 0 Å². The molecule has 2 aromatic rings. The van der Waals surface area contributed by atoms with Crippen LogP contribution in [0.15, 0.2) is 54.6 Å². The minimum Gasteiger partial charge on any atom is -0.389 e. The van der Waals surface area contributed by atoms with Crippen LogP contribution < -0.4 is 4.90 Å². The Labute approximate surface area is 120 Å². The van der Waals surface area contributed by atoms with Crippen molar-refractivity contribution in [3.63, 3.8) is 0 Å². The Kier molecular flexibility index (Phi) is 3.75. The van der Waals surface area contributed by atoms with Crippen molar-refractivity contribution < 1.29 is 5.11 Å². The van der Waals surface area contributed by atoms with Crippen molar-refractivity contribution in [1.29, 1.82) is 0 Å². The molecule has 20 heavy (non-hydrogen) atoms. The predicted octanol–water partition coefficient (Wildman–Crippen LogP) is 3.73. The highest BCUT2D eigenvalue weighted by Gasteiger charge is 2.25. The summed E-state index contributed by atoms with van der Waals surface area (Å²) in [4.78, 5) is 2.40. The number of hydrogen-bond donors (Lipinski definition) is 1. The van der Waals surface area contributed by atoms with Gasteiger partial charge in [-0.05, 0) is 25.0 Å². The zero-order chi connectivity index (χ0) is 13.9. The van der Waals surface area contributed by atoms with E-state index in [4.69, 9.17) is 0 Å². The molecule has 0 aromatic heterocycles. The number of hydrogen-bond acceptors (Lipinski definition) is 2. The van der Waals surface area contributed by atoms with Crippen LogP contribution in [0.1, 0.15) is 36.5 Å². The fourth-order valence-electron chi connectivity index (χ4n) is 3.11. The molecule has 1 saturated heterocycles. The van der Waals surface area contributed by atoms with Gasteiger partial charge in [-0.2, -0.15) is 0 Å². The highest BCUT2D eigenvalue weighted by Crippen LogP contribution is 2.34. The molecular formula is C18H21NO. The Morgan fingerprint density at radius 3 is 2.50 bits per heavy atom. The zero-order valence-electron chi connectivity index (χ0n) is 11.9. The van der Waals surface area contributed by atoms with Crippen molar-refractivity contribution in [3.05, 3.63) is 65.7 Å². The second-order valence-electron chi connectivity index (χ2n) is 5.58. The van der Waals surface area contributed by atoms with Gasteiger partial charge in [-0.15, -0.1) is 0 Å². The van der Waals surface area contributed by atoms with Gasteiger partial charge in [-0.3, -0.25) is 0 Å². The quantitative estimate of drug-likeness (QED) is 0.916. The normalized spacial score (nSPS) is 20.1. The van der Waals surface area contributed by atoms with E-state index in [2.05, 4.69) is 47.4 Å². The molecule has 2 nitrogen and oxygen atoms in total. The van der Waals surface area contributed by atoms with E-state index in [-0.39, 0.29) is 0 Å². The first-order valence-electron chi connectivity index (χ1n) is 7.32. The molecule has 0 amide bonds. The SMILES string of the molecule is C[C@@H](O)c1ccccc1N1CCC(c2ccccc2)C1. The minimum atomic E-state index is -0.415. The van der Waals surface area contributed by atoms with Crippen LogP contribution in [0.2, 0.25) is 0 Å². The van der Waals surface area contributed by atoms with E-state index in [1.165, 1.54) is 17.7 Å². The molecule has 104 valence electrons. The lowest BCUT2D eigenvalue weighted by molar-refractivity contribution is 0.199. The van der Waals surface area contributed by atoms with Crippen LogP contribution in [-0.2, 0) is 0 Å². The van der Waals surface area contributed by atoms with E-state index in [0.29, 0.717) is 5.92 Å². The molecule has 2 aromatic carbocycles. The first-order chi connectivity index (χ1) is 9.75. The minimum absolute atomic E-state index is 0.415. The van der Waals surface area contributed by atoms with Crippen molar-refractivity contribution >= 4 is 5.69 Å². The van der Waals surface area contributed by atoms with Gasteiger partial charge in [0.05, 0.1) is 6.10 Å². The molecule has 1 heterocycles. The van der Waals surface area contributed by atoms with Crippen LogP contribution in [0.3, 0.4) is 0 Å². The highest BCUT2D eigenvalue weighted by molar-refractivity contribution is 5.55. The largest absolute Gasteiger partial charge is 0.389 e. The molecule has 1 N–H and O–H groups in total. The Morgan fingerprint density at radius 1 is 1.05 bits per heavy atom. The predicted molar refractivity (Wildman–Crippen MR) is 83.1 cm³/mol. The fraction of sp³-hybridized carbons (Fsp3) is 0.333. The Morgan fingerprint density at radius 2 is 1.75 bits per heavy atom. The second-order valence-corrected chi connectivity index (χ2v) is 5.58.